The number of nitrogens with one attached hydrogen (secondary N) is 1. The van der Waals surface area contributed by atoms with Crippen LogP contribution in [0.15, 0.2) is 48.7 Å². The van der Waals surface area contributed by atoms with Crippen molar-refractivity contribution in [1.82, 2.24) is 9.38 Å². The van der Waals surface area contributed by atoms with Crippen molar-refractivity contribution >= 4 is 28.8 Å². The monoisotopic (exact) mass is 453 g/mol. The van der Waals surface area contributed by atoms with Gasteiger partial charge in [0.2, 0.25) is 5.75 Å². The number of phenols is 1. The maximum atomic E-state index is 10.3. The maximum absolute atomic E-state index is 10.3. The third kappa shape index (κ3) is 3.48. The number of methoxy groups -OCH3 is 2. The van der Waals surface area contributed by atoms with Crippen LogP contribution in [0.3, 0.4) is 0 Å². The lowest BCUT2D eigenvalue weighted by molar-refractivity contribution is 0.171. The topological polar surface area (TPSA) is 86.5 Å². The van der Waals surface area contributed by atoms with Gasteiger partial charge < -0.3 is 29.4 Å². The molecule has 0 aliphatic carbocycles. The SMILES string of the molecule is COc1cc(-c2nc3ccc(Cl)cn3c2Nc2ccc3c(c2)OCCO3)cc(OC)c1O. The number of halogens is 1. The molecule has 0 bridgehead atoms. The van der Waals surface area contributed by atoms with Crippen molar-refractivity contribution < 1.29 is 24.1 Å². The molecule has 32 heavy (non-hydrogen) atoms. The summed E-state index contributed by atoms with van der Waals surface area (Å²) in [5.41, 5.74) is 2.79. The third-order valence-corrected chi connectivity index (χ3v) is 5.36. The molecule has 2 N–H and O–H groups in total. The number of fused-ring (bicyclic) bond motifs is 2. The van der Waals surface area contributed by atoms with Crippen molar-refractivity contribution in [3.8, 4) is 40.0 Å². The van der Waals surface area contributed by atoms with E-state index in [-0.39, 0.29) is 17.2 Å². The van der Waals surface area contributed by atoms with Gasteiger partial charge in [-0.1, -0.05) is 11.6 Å². The summed E-state index contributed by atoms with van der Waals surface area (Å²) in [5.74, 6) is 2.53. The molecule has 0 radical (unpaired) electrons. The van der Waals surface area contributed by atoms with Gasteiger partial charge in [0.05, 0.1) is 19.2 Å². The van der Waals surface area contributed by atoms with Crippen molar-refractivity contribution in [2.45, 2.75) is 0 Å². The molecule has 4 aromatic rings. The van der Waals surface area contributed by atoms with Crippen molar-refractivity contribution in [2.75, 3.05) is 32.8 Å². The average molecular weight is 454 g/mol. The first-order valence-electron chi connectivity index (χ1n) is 9.87. The van der Waals surface area contributed by atoms with Crippen molar-refractivity contribution in [1.29, 1.82) is 0 Å². The maximum Gasteiger partial charge on any atom is 0.200 e. The summed E-state index contributed by atoms with van der Waals surface area (Å²) in [5, 5.41) is 14.3. The molecule has 0 unspecified atom stereocenters. The van der Waals surface area contributed by atoms with Crippen molar-refractivity contribution in [2.24, 2.45) is 0 Å². The minimum atomic E-state index is -0.0769. The molecular formula is C23H20ClN3O5. The van der Waals surface area contributed by atoms with Gasteiger partial charge in [-0.25, -0.2) is 4.98 Å². The number of nitrogens with zero attached hydrogens (tertiary/aromatic N) is 2. The fourth-order valence-corrected chi connectivity index (χ4v) is 3.79. The number of aromatic hydroxyl groups is 1. The van der Waals surface area contributed by atoms with Gasteiger partial charge in [0.25, 0.3) is 0 Å². The van der Waals surface area contributed by atoms with Crippen LogP contribution in [-0.2, 0) is 0 Å². The predicted octanol–water partition coefficient (Wildman–Crippen LogP) is 4.89. The molecule has 0 spiro atoms. The number of ether oxygens (including phenoxy) is 4. The normalized spacial score (nSPS) is 12.6. The summed E-state index contributed by atoms with van der Waals surface area (Å²) in [6.45, 7) is 1.03. The first-order chi connectivity index (χ1) is 15.6. The Bertz CT molecular complexity index is 1300. The highest BCUT2D eigenvalue weighted by Crippen LogP contribution is 2.43. The van der Waals surface area contributed by atoms with Gasteiger partial charge in [-0.15, -0.1) is 0 Å². The number of hydrogen-bond donors (Lipinski definition) is 2. The third-order valence-electron chi connectivity index (χ3n) is 5.14. The second kappa shape index (κ2) is 8.05. The van der Waals surface area contributed by atoms with Gasteiger partial charge in [-0.3, -0.25) is 4.40 Å². The zero-order valence-electron chi connectivity index (χ0n) is 17.4. The standard InChI is InChI=1S/C23H20ClN3O5/c1-29-18-9-13(10-19(30-2)22(18)28)21-23(27-12-14(24)3-6-20(27)26-21)25-15-4-5-16-17(11-15)32-8-7-31-16/h3-6,9-12,25,28H,7-8H2,1-2H3. The Balaban J connectivity index is 1.67. The Morgan fingerprint density at radius 3 is 2.44 bits per heavy atom. The Morgan fingerprint density at radius 1 is 1.00 bits per heavy atom. The molecule has 0 fully saturated rings. The molecule has 8 nitrogen and oxygen atoms in total. The molecule has 0 amide bonds. The Morgan fingerprint density at radius 2 is 1.72 bits per heavy atom. The highest BCUT2D eigenvalue weighted by molar-refractivity contribution is 6.30. The molecule has 2 aromatic heterocycles. The number of aromatic nitrogens is 2. The smallest absolute Gasteiger partial charge is 0.200 e. The summed E-state index contributed by atoms with van der Waals surface area (Å²) in [4.78, 5) is 4.78. The van der Waals surface area contributed by atoms with Crippen LogP contribution in [0.4, 0.5) is 11.5 Å². The summed E-state index contributed by atoms with van der Waals surface area (Å²) in [6, 6.07) is 12.7. The van der Waals surface area contributed by atoms with E-state index < -0.39 is 0 Å². The largest absolute Gasteiger partial charge is 0.502 e. The summed E-state index contributed by atoms with van der Waals surface area (Å²) >= 11 is 6.27. The van der Waals surface area contributed by atoms with Gasteiger partial charge in [-0.05, 0) is 36.4 Å². The number of phenolic OH excluding ortho intramolecular Hbond substituents is 1. The molecule has 0 saturated carbocycles. The molecule has 1 aliphatic heterocycles. The number of pyridine rings is 1. The van der Waals surface area contributed by atoms with E-state index in [1.165, 1.54) is 14.2 Å². The van der Waals surface area contributed by atoms with Crippen LogP contribution in [0.1, 0.15) is 0 Å². The molecule has 0 atom stereocenters. The minimum Gasteiger partial charge on any atom is -0.502 e. The van der Waals surface area contributed by atoms with E-state index >= 15 is 0 Å². The average Bonchev–Trinajstić information content (AvgIpc) is 3.16. The van der Waals surface area contributed by atoms with Crippen molar-refractivity contribution in [3.05, 3.63) is 53.7 Å². The highest BCUT2D eigenvalue weighted by atomic mass is 35.5. The van der Waals surface area contributed by atoms with E-state index in [0.717, 1.165) is 5.69 Å². The number of hydrogen-bond acceptors (Lipinski definition) is 7. The van der Waals surface area contributed by atoms with Crippen LogP contribution < -0.4 is 24.3 Å². The molecule has 164 valence electrons. The van der Waals surface area contributed by atoms with Gasteiger partial charge in [-0.2, -0.15) is 0 Å². The lowest BCUT2D eigenvalue weighted by Gasteiger charge is -2.19. The second-order valence-electron chi connectivity index (χ2n) is 7.10. The van der Waals surface area contributed by atoms with E-state index in [4.69, 9.17) is 35.5 Å². The predicted molar refractivity (Wildman–Crippen MR) is 121 cm³/mol. The van der Waals surface area contributed by atoms with Crippen molar-refractivity contribution in [3.63, 3.8) is 0 Å². The van der Waals surface area contributed by atoms with Crippen LogP contribution in [0.2, 0.25) is 5.02 Å². The fourth-order valence-electron chi connectivity index (χ4n) is 3.63. The summed E-state index contributed by atoms with van der Waals surface area (Å²) in [6.07, 6.45) is 1.78. The van der Waals surface area contributed by atoms with E-state index in [2.05, 4.69) is 5.32 Å². The van der Waals surface area contributed by atoms with Crippen LogP contribution >= 0.6 is 11.6 Å². The molecular weight excluding hydrogens is 434 g/mol. The second-order valence-corrected chi connectivity index (χ2v) is 7.53. The van der Waals surface area contributed by atoms with E-state index in [9.17, 15) is 5.11 Å². The minimum absolute atomic E-state index is 0.0769. The summed E-state index contributed by atoms with van der Waals surface area (Å²) in [7, 11) is 2.96. The molecule has 0 saturated heterocycles. The van der Waals surface area contributed by atoms with E-state index in [0.29, 0.717) is 52.5 Å². The van der Waals surface area contributed by atoms with Crippen LogP contribution in [0.5, 0.6) is 28.7 Å². The highest BCUT2D eigenvalue weighted by Gasteiger charge is 2.20. The van der Waals surface area contributed by atoms with Gasteiger partial charge in [0.1, 0.15) is 30.4 Å². The zero-order chi connectivity index (χ0) is 22.2. The quantitative estimate of drug-likeness (QED) is 0.444. The number of benzene rings is 2. The Kier molecular flexibility index (Phi) is 5.07. The zero-order valence-corrected chi connectivity index (χ0v) is 18.1. The van der Waals surface area contributed by atoms with Gasteiger partial charge in [0.15, 0.2) is 23.0 Å². The lowest BCUT2D eigenvalue weighted by Crippen LogP contribution is -2.15. The molecule has 1 aliphatic rings. The molecule has 9 heteroatoms. The Hall–Kier alpha value is -3.78. The first kappa shape index (κ1) is 20.1. The van der Waals surface area contributed by atoms with Gasteiger partial charge >= 0.3 is 0 Å². The van der Waals surface area contributed by atoms with E-state index in [1.54, 1.807) is 24.4 Å². The number of anilines is 2. The fraction of sp³-hybridized carbons (Fsp3) is 0.174. The van der Waals surface area contributed by atoms with Crippen LogP contribution in [-0.4, -0.2) is 41.9 Å². The number of rotatable bonds is 5. The Labute approximate surface area is 188 Å². The van der Waals surface area contributed by atoms with Crippen LogP contribution in [0.25, 0.3) is 16.9 Å². The van der Waals surface area contributed by atoms with Crippen LogP contribution in [0, 0.1) is 0 Å². The summed E-state index contributed by atoms with van der Waals surface area (Å²) < 4.78 is 23.8. The lowest BCUT2D eigenvalue weighted by atomic mass is 10.1. The molecule has 5 rings (SSSR count). The van der Waals surface area contributed by atoms with E-state index in [1.807, 2.05) is 28.7 Å². The molecule has 2 aromatic carbocycles. The molecule has 3 heterocycles. The van der Waals surface area contributed by atoms with Gasteiger partial charge in [0, 0.05) is 23.5 Å². The number of imidazole rings is 1. The first-order valence-corrected chi connectivity index (χ1v) is 10.2.